The fraction of sp³-hybridized carbons (Fsp3) is 0.714. The lowest BCUT2D eigenvalue weighted by atomic mass is 9.98. The Morgan fingerprint density at radius 2 is 2.39 bits per heavy atom. The number of hydrogen-bond donors (Lipinski definition) is 1. The number of thiophene rings is 1. The van der Waals surface area contributed by atoms with Crippen LogP contribution in [-0.2, 0) is 6.54 Å². The largest absolute Gasteiger partial charge is 0.314 e. The summed E-state index contributed by atoms with van der Waals surface area (Å²) in [7, 11) is 0. The first-order valence-corrected chi connectivity index (χ1v) is 8.57. The zero-order chi connectivity index (χ0) is 13.0. The summed E-state index contributed by atoms with van der Waals surface area (Å²) < 4.78 is 1.27. The quantitative estimate of drug-likeness (QED) is 0.881. The van der Waals surface area contributed by atoms with E-state index in [1.807, 2.05) is 11.3 Å². The van der Waals surface area contributed by atoms with E-state index in [4.69, 9.17) is 0 Å². The van der Waals surface area contributed by atoms with Gasteiger partial charge in [0.2, 0.25) is 0 Å². The molecule has 2 heterocycles. The minimum absolute atomic E-state index is 0.683. The highest BCUT2D eigenvalue weighted by molar-refractivity contribution is 9.10. The van der Waals surface area contributed by atoms with Crippen molar-refractivity contribution >= 4 is 27.3 Å². The number of piperidine rings is 1. The molecule has 2 unspecified atom stereocenters. The van der Waals surface area contributed by atoms with Gasteiger partial charge in [0.15, 0.2) is 0 Å². The van der Waals surface area contributed by atoms with Crippen LogP contribution in [0.1, 0.15) is 38.0 Å². The average Bonchev–Trinajstić information content (AvgIpc) is 2.75. The fourth-order valence-corrected chi connectivity index (χ4v) is 4.11. The lowest BCUT2D eigenvalue weighted by Crippen LogP contribution is -2.47. The van der Waals surface area contributed by atoms with Crippen molar-refractivity contribution in [2.75, 3.05) is 13.1 Å². The van der Waals surface area contributed by atoms with Crippen LogP contribution in [0.3, 0.4) is 0 Å². The summed E-state index contributed by atoms with van der Waals surface area (Å²) in [5.74, 6) is 0. The standard InChI is InChI=1S/C14H23BrN2S/c1-3-6-16-12-4-7-17(11(2)9-12)10-14-13(15)5-8-18-14/h5,8,11-12,16H,3-4,6-7,9-10H2,1-2H3. The number of nitrogens with zero attached hydrogens (tertiary/aromatic N) is 1. The van der Waals surface area contributed by atoms with Crippen molar-refractivity contribution in [2.45, 2.75) is 51.7 Å². The Kier molecular flexibility index (Phi) is 5.67. The van der Waals surface area contributed by atoms with Gasteiger partial charge in [-0.25, -0.2) is 0 Å². The maximum absolute atomic E-state index is 3.66. The van der Waals surface area contributed by atoms with Crippen molar-refractivity contribution in [1.29, 1.82) is 0 Å². The molecule has 0 radical (unpaired) electrons. The molecular weight excluding hydrogens is 308 g/mol. The van der Waals surface area contributed by atoms with Gasteiger partial charge in [0.1, 0.15) is 0 Å². The summed E-state index contributed by atoms with van der Waals surface area (Å²) in [4.78, 5) is 4.07. The second kappa shape index (κ2) is 7.04. The minimum Gasteiger partial charge on any atom is -0.314 e. The predicted molar refractivity (Wildman–Crippen MR) is 83.2 cm³/mol. The molecule has 0 aromatic carbocycles. The van der Waals surface area contributed by atoms with Crippen molar-refractivity contribution < 1.29 is 0 Å². The van der Waals surface area contributed by atoms with Crippen LogP contribution in [0.2, 0.25) is 0 Å². The topological polar surface area (TPSA) is 15.3 Å². The van der Waals surface area contributed by atoms with E-state index >= 15 is 0 Å². The average molecular weight is 331 g/mol. The van der Waals surface area contributed by atoms with Gasteiger partial charge >= 0.3 is 0 Å². The summed E-state index contributed by atoms with van der Waals surface area (Å²) in [6.07, 6.45) is 3.80. The Balaban J connectivity index is 1.84. The van der Waals surface area contributed by atoms with Gasteiger partial charge in [-0.2, -0.15) is 0 Å². The van der Waals surface area contributed by atoms with Crippen LogP contribution in [0, 0.1) is 0 Å². The molecule has 0 bridgehead atoms. The van der Waals surface area contributed by atoms with Crippen molar-refractivity contribution in [3.63, 3.8) is 0 Å². The van der Waals surface area contributed by atoms with Gasteiger partial charge in [-0.1, -0.05) is 6.92 Å². The Hall–Kier alpha value is 0.100. The van der Waals surface area contributed by atoms with E-state index in [2.05, 4.69) is 51.4 Å². The van der Waals surface area contributed by atoms with Crippen LogP contribution in [0.15, 0.2) is 15.9 Å². The molecule has 1 aromatic rings. The van der Waals surface area contributed by atoms with E-state index in [1.165, 1.54) is 35.2 Å². The lowest BCUT2D eigenvalue weighted by molar-refractivity contribution is 0.130. The first kappa shape index (κ1) is 14.5. The molecule has 18 heavy (non-hydrogen) atoms. The van der Waals surface area contributed by atoms with Gasteiger partial charge in [0.05, 0.1) is 0 Å². The van der Waals surface area contributed by atoms with Crippen LogP contribution in [-0.4, -0.2) is 30.1 Å². The molecule has 1 aliphatic heterocycles. The van der Waals surface area contributed by atoms with Gasteiger partial charge < -0.3 is 5.32 Å². The molecule has 2 atom stereocenters. The van der Waals surface area contributed by atoms with Crippen molar-refractivity contribution in [2.24, 2.45) is 0 Å². The summed E-state index contributed by atoms with van der Waals surface area (Å²) >= 11 is 5.49. The van der Waals surface area contributed by atoms with Gasteiger partial charge in [-0.05, 0) is 60.1 Å². The summed E-state index contributed by atoms with van der Waals surface area (Å²) in [6, 6.07) is 3.56. The van der Waals surface area contributed by atoms with E-state index in [-0.39, 0.29) is 0 Å². The van der Waals surface area contributed by atoms with Crippen LogP contribution in [0.25, 0.3) is 0 Å². The Morgan fingerprint density at radius 1 is 1.56 bits per heavy atom. The SMILES string of the molecule is CCCNC1CCN(Cc2sccc2Br)C(C)C1. The molecule has 1 fully saturated rings. The zero-order valence-electron chi connectivity index (χ0n) is 11.3. The van der Waals surface area contributed by atoms with Gasteiger partial charge in [-0.15, -0.1) is 11.3 Å². The van der Waals surface area contributed by atoms with Crippen LogP contribution in [0.4, 0.5) is 0 Å². The highest BCUT2D eigenvalue weighted by atomic mass is 79.9. The molecule has 0 saturated carbocycles. The number of nitrogens with one attached hydrogen (secondary N) is 1. The van der Waals surface area contributed by atoms with Crippen LogP contribution >= 0.6 is 27.3 Å². The highest BCUT2D eigenvalue weighted by Crippen LogP contribution is 2.27. The molecule has 2 rings (SSSR count). The molecule has 1 aliphatic rings. The molecule has 1 N–H and O–H groups in total. The van der Waals surface area contributed by atoms with Gasteiger partial charge in [0.25, 0.3) is 0 Å². The highest BCUT2D eigenvalue weighted by Gasteiger charge is 2.25. The summed E-state index contributed by atoms with van der Waals surface area (Å²) in [6.45, 7) is 8.07. The number of rotatable bonds is 5. The third-order valence-electron chi connectivity index (χ3n) is 3.73. The first-order chi connectivity index (χ1) is 8.70. The minimum atomic E-state index is 0.683. The number of halogens is 1. The second-order valence-corrected chi connectivity index (χ2v) is 7.04. The molecule has 102 valence electrons. The second-order valence-electron chi connectivity index (χ2n) is 5.19. The third-order valence-corrected chi connectivity index (χ3v) is 5.65. The Bertz CT molecular complexity index is 366. The number of likely N-dealkylation sites (tertiary alicyclic amines) is 1. The van der Waals surface area contributed by atoms with E-state index in [1.54, 1.807) is 0 Å². The van der Waals surface area contributed by atoms with E-state index in [9.17, 15) is 0 Å². The number of hydrogen-bond acceptors (Lipinski definition) is 3. The molecule has 1 saturated heterocycles. The van der Waals surface area contributed by atoms with E-state index < -0.39 is 0 Å². The fourth-order valence-electron chi connectivity index (χ4n) is 2.61. The maximum atomic E-state index is 3.66. The molecule has 4 heteroatoms. The molecule has 1 aromatic heterocycles. The Labute approximate surface area is 123 Å². The van der Waals surface area contributed by atoms with Crippen molar-refractivity contribution in [1.82, 2.24) is 10.2 Å². The third kappa shape index (κ3) is 3.80. The smallest absolute Gasteiger partial charge is 0.0342 e. The molecule has 0 amide bonds. The summed E-state index contributed by atoms with van der Waals surface area (Å²) in [5.41, 5.74) is 0. The lowest BCUT2D eigenvalue weighted by Gasteiger charge is -2.38. The molecular formula is C14H23BrN2S. The van der Waals surface area contributed by atoms with Crippen molar-refractivity contribution in [3.05, 3.63) is 20.8 Å². The Morgan fingerprint density at radius 3 is 3.00 bits per heavy atom. The first-order valence-electron chi connectivity index (χ1n) is 6.90. The van der Waals surface area contributed by atoms with Crippen LogP contribution in [0.5, 0.6) is 0 Å². The monoisotopic (exact) mass is 330 g/mol. The normalized spacial score (nSPS) is 25.5. The predicted octanol–water partition coefficient (Wildman–Crippen LogP) is 3.86. The summed E-state index contributed by atoms with van der Waals surface area (Å²) in [5, 5.41) is 5.83. The molecule has 2 nitrogen and oxygen atoms in total. The maximum Gasteiger partial charge on any atom is 0.0342 e. The van der Waals surface area contributed by atoms with Gasteiger partial charge in [-0.3, -0.25) is 4.90 Å². The van der Waals surface area contributed by atoms with E-state index in [0.29, 0.717) is 6.04 Å². The molecule has 0 spiro atoms. The zero-order valence-corrected chi connectivity index (χ0v) is 13.7. The van der Waals surface area contributed by atoms with Crippen molar-refractivity contribution in [3.8, 4) is 0 Å². The molecule has 0 aliphatic carbocycles. The van der Waals surface area contributed by atoms with Crippen LogP contribution < -0.4 is 5.32 Å². The van der Waals surface area contributed by atoms with E-state index in [0.717, 1.165) is 19.1 Å². The van der Waals surface area contributed by atoms with Gasteiger partial charge in [0, 0.05) is 34.5 Å².